The zero-order valence-corrected chi connectivity index (χ0v) is 14.4. The molecule has 0 spiro atoms. The molecule has 0 unspecified atom stereocenters. The van der Waals surface area contributed by atoms with Crippen LogP contribution < -0.4 is 5.32 Å². The first-order chi connectivity index (χ1) is 10.5. The molecule has 0 aromatic heterocycles. The summed E-state index contributed by atoms with van der Waals surface area (Å²) in [5.74, 6) is -0.680. The number of rotatable bonds is 5. The molecule has 5 nitrogen and oxygen atoms in total. The first-order valence-corrected chi connectivity index (χ1v) is 7.81. The number of nitrogens with zero attached hydrogens (tertiary/aromatic N) is 1. The van der Waals surface area contributed by atoms with Crippen LogP contribution in [0.25, 0.3) is 0 Å². The third-order valence-corrected chi connectivity index (χ3v) is 4.16. The van der Waals surface area contributed by atoms with E-state index in [1.54, 1.807) is 0 Å². The average Bonchev–Trinajstić information content (AvgIpc) is 2.48. The predicted octanol–water partition coefficient (Wildman–Crippen LogP) is 2.97. The fourth-order valence-corrected chi connectivity index (χ4v) is 2.85. The van der Waals surface area contributed by atoms with Crippen LogP contribution >= 0.6 is 12.4 Å². The van der Waals surface area contributed by atoms with E-state index in [2.05, 4.69) is 19.2 Å². The summed E-state index contributed by atoms with van der Waals surface area (Å²) in [5.41, 5.74) is 1.99. The van der Waals surface area contributed by atoms with E-state index < -0.39 is 5.97 Å². The highest BCUT2D eigenvalue weighted by Crippen LogP contribution is 2.24. The standard InChI is InChI=1S/C17H24N2O3.ClH/c1-12(2)14-5-3-4-6-15(14)18-16(20)11-19-9-7-13(8-10-19)17(21)22;/h3-6,12-13H,7-11H2,1-2H3,(H,18,20)(H,21,22);1H. The number of likely N-dealkylation sites (tertiary alicyclic amines) is 1. The molecule has 1 aromatic carbocycles. The number of piperidine rings is 1. The Morgan fingerprint density at radius 1 is 1.26 bits per heavy atom. The lowest BCUT2D eigenvalue weighted by molar-refractivity contribution is -0.143. The Hall–Kier alpha value is -1.59. The van der Waals surface area contributed by atoms with Crippen LogP contribution in [0, 0.1) is 5.92 Å². The molecule has 23 heavy (non-hydrogen) atoms. The van der Waals surface area contributed by atoms with Gasteiger partial charge in [0.05, 0.1) is 12.5 Å². The fraction of sp³-hybridized carbons (Fsp3) is 0.529. The summed E-state index contributed by atoms with van der Waals surface area (Å²) in [7, 11) is 0. The van der Waals surface area contributed by atoms with Crippen LogP contribution in [0.4, 0.5) is 5.69 Å². The molecule has 1 heterocycles. The van der Waals surface area contributed by atoms with Gasteiger partial charge in [-0.1, -0.05) is 32.0 Å². The van der Waals surface area contributed by atoms with Gasteiger partial charge in [-0.05, 0) is 43.5 Å². The second-order valence-corrected chi connectivity index (χ2v) is 6.18. The summed E-state index contributed by atoms with van der Waals surface area (Å²) in [5, 5.41) is 12.0. The van der Waals surface area contributed by atoms with Gasteiger partial charge in [-0.25, -0.2) is 0 Å². The maximum Gasteiger partial charge on any atom is 0.306 e. The highest BCUT2D eigenvalue weighted by Gasteiger charge is 2.25. The smallest absolute Gasteiger partial charge is 0.306 e. The van der Waals surface area contributed by atoms with Crippen molar-refractivity contribution in [3.63, 3.8) is 0 Å². The number of amides is 1. The number of benzene rings is 1. The van der Waals surface area contributed by atoms with Crippen LogP contribution in [0.5, 0.6) is 0 Å². The van der Waals surface area contributed by atoms with E-state index in [1.807, 2.05) is 29.2 Å². The number of hydrogen-bond acceptors (Lipinski definition) is 3. The zero-order chi connectivity index (χ0) is 16.1. The van der Waals surface area contributed by atoms with Crippen molar-refractivity contribution in [3.8, 4) is 0 Å². The Bertz CT molecular complexity index is 540. The molecular weight excluding hydrogens is 316 g/mol. The fourth-order valence-electron chi connectivity index (χ4n) is 2.85. The lowest BCUT2D eigenvalue weighted by atomic mass is 9.97. The largest absolute Gasteiger partial charge is 0.481 e. The van der Waals surface area contributed by atoms with Crippen LogP contribution in [-0.4, -0.2) is 41.5 Å². The molecule has 1 aliphatic rings. The molecule has 2 rings (SSSR count). The molecule has 1 aromatic rings. The summed E-state index contributed by atoms with van der Waals surface area (Å²) in [4.78, 5) is 25.2. The second-order valence-electron chi connectivity index (χ2n) is 6.18. The molecule has 1 saturated heterocycles. The Morgan fingerprint density at radius 3 is 2.43 bits per heavy atom. The van der Waals surface area contributed by atoms with Gasteiger partial charge in [0.1, 0.15) is 0 Å². The molecule has 0 bridgehead atoms. The minimum atomic E-state index is -0.727. The van der Waals surface area contributed by atoms with E-state index in [1.165, 1.54) is 0 Å². The molecule has 0 atom stereocenters. The zero-order valence-electron chi connectivity index (χ0n) is 13.6. The van der Waals surface area contributed by atoms with E-state index in [0.29, 0.717) is 38.4 Å². The Kier molecular flexibility index (Phi) is 7.52. The van der Waals surface area contributed by atoms with Crippen LogP contribution in [-0.2, 0) is 9.59 Å². The summed E-state index contributed by atoms with van der Waals surface area (Å²) >= 11 is 0. The lowest BCUT2D eigenvalue weighted by Crippen LogP contribution is -2.40. The van der Waals surface area contributed by atoms with E-state index in [9.17, 15) is 9.59 Å². The van der Waals surface area contributed by atoms with Gasteiger partial charge >= 0.3 is 5.97 Å². The van der Waals surface area contributed by atoms with Crippen molar-refractivity contribution >= 4 is 30.0 Å². The molecule has 2 N–H and O–H groups in total. The summed E-state index contributed by atoms with van der Waals surface area (Å²) < 4.78 is 0. The van der Waals surface area contributed by atoms with Gasteiger partial charge in [-0.3, -0.25) is 14.5 Å². The van der Waals surface area contributed by atoms with Crippen LogP contribution in [0.2, 0.25) is 0 Å². The van der Waals surface area contributed by atoms with Crippen LogP contribution in [0.15, 0.2) is 24.3 Å². The number of para-hydroxylation sites is 1. The lowest BCUT2D eigenvalue weighted by Gasteiger charge is -2.29. The van der Waals surface area contributed by atoms with Gasteiger partial charge in [0, 0.05) is 5.69 Å². The molecule has 0 radical (unpaired) electrons. The van der Waals surface area contributed by atoms with E-state index in [-0.39, 0.29) is 24.2 Å². The number of carbonyl (C=O) groups excluding carboxylic acids is 1. The van der Waals surface area contributed by atoms with E-state index in [4.69, 9.17) is 5.11 Å². The van der Waals surface area contributed by atoms with Gasteiger partial charge in [0.2, 0.25) is 5.91 Å². The number of carbonyl (C=O) groups is 2. The van der Waals surface area contributed by atoms with Crippen molar-refractivity contribution in [2.45, 2.75) is 32.6 Å². The van der Waals surface area contributed by atoms with Crippen molar-refractivity contribution in [1.29, 1.82) is 0 Å². The van der Waals surface area contributed by atoms with E-state index >= 15 is 0 Å². The van der Waals surface area contributed by atoms with Crippen molar-refractivity contribution in [3.05, 3.63) is 29.8 Å². The SMILES string of the molecule is CC(C)c1ccccc1NC(=O)CN1CCC(C(=O)O)CC1.Cl. The van der Waals surface area contributed by atoms with Crippen LogP contribution in [0.1, 0.15) is 38.2 Å². The van der Waals surface area contributed by atoms with Gasteiger partial charge in [-0.15, -0.1) is 12.4 Å². The highest BCUT2D eigenvalue weighted by molar-refractivity contribution is 5.93. The number of nitrogens with one attached hydrogen (secondary N) is 1. The number of carboxylic acids is 1. The Balaban J connectivity index is 0.00000264. The highest BCUT2D eigenvalue weighted by atomic mass is 35.5. The topological polar surface area (TPSA) is 69.6 Å². The minimum absolute atomic E-state index is 0. The molecule has 1 aliphatic heterocycles. The maximum atomic E-state index is 12.2. The van der Waals surface area contributed by atoms with Crippen molar-refractivity contribution in [1.82, 2.24) is 4.90 Å². The number of carboxylic acid groups (broad SMARTS) is 1. The molecule has 0 saturated carbocycles. The van der Waals surface area contributed by atoms with E-state index in [0.717, 1.165) is 11.3 Å². The Labute approximate surface area is 143 Å². The van der Waals surface area contributed by atoms with Crippen LogP contribution in [0.3, 0.4) is 0 Å². The Morgan fingerprint density at radius 2 is 1.87 bits per heavy atom. The molecule has 128 valence electrons. The van der Waals surface area contributed by atoms with Gasteiger partial charge in [0.15, 0.2) is 0 Å². The van der Waals surface area contributed by atoms with Gasteiger partial charge in [0.25, 0.3) is 0 Å². The normalized spacial score (nSPS) is 16.0. The number of aliphatic carboxylic acids is 1. The third kappa shape index (κ3) is 5.52. The number of halogens is 1. The van der Waals surface area contributed by atoms with Crippen molar-refractivity contribution < 1.29 is 14.7 Å². The number of hydrogen-bond donors (Lipinski definition) is 2. The molecule has 1 amide bonds. The van der Waals surface area contributed by atoms with Gasteiger partial charge < -0.3 is 10.4 Å². The predicted molar refractivity (Wildman–Crippen MR) is 93.2 cm³/mol. The monoisotopic (exact) mass is 340 g/mol. The quantitative estimate of drug-likeness (QED) is 0.864. The molecule has 0 aliphatic carbocycles. The first-order valence-electron chi connectivity index (χ1n) is 7.81. The summed E-state index contributed by atoms with van der Waals surface area (Å²) in [6.45, 7) is 5.84. The van der Waals surface area contributed by atoms with Crippen molar-refractivity contribution in [2.75, 3.05) is 25.0 Å². The average molecular weight is 341 g/mol. The minimum Gasteiger partial charge on any atom is -0.481 e. The third-order valence-electron chi connectivity index (χ3n) is 4.16. The second kappa shape index (κ2) is 8.89. The molecule has 1 fully saturated rings. The molecular formula is C17H25ClN2O3. The maximum absolute atomic E-state index is 12.2. The molecule has 6 heteroatoms. The van der Waals surface area contributed by atoms with Crippen molar-refractivity contribution in [2.24, 2.45) is 5.92 Å². The summed E-state index contributed by atoms with van der Waals surface area (Å²) in [6, 6.07) is 7.84. The number of anilines is 1. The summed E-state index contributed by atoms with van der Waals surface area (Å²) in [6.07, 6.45) is 1.23. The first kappa shape index (κ1) is 19.5. The van der Waals surface area contributed by atoms with Gasteiger partial charge in [-0.2, -0.15) is 0 Å².